The molecule has 1 unspecified atom stereocenters. The first-order valence-corrected chi connectivity index (χ1v) is 5.10. The van der Waals surface area contributed by atoms with Crippen molar-refractivity contribution in [3.63, 3.8) is 0 Å². The molecule has 2 aliphatic rings. The molecular formula is C11H15ClN2O3. The molecule has 0 fully saturated rings. The number of ether oxygens (including phenoxy) is 2. The Labute approximate surface area is 106 Å². The van der Waals surface area contributed by atoms with Gasteiger partial charge in [0.2, 0.25) is 0 Å². The van der Waals surface area contributed by atoms with Crippen LogP contribution >= 0.6 is 12.4 Å². The Balaban J connectivity index is 0.000000722. The average Bonchev–Trinajstić information content (AvgIpc) is 2.82. The molecule has 3 N–H and O–H groups in total. The number of fused-ring (bicyclic) bond motifs is 1. The minimum absolute atomic E-state index is 0. The van der Waals surface area contributed by atoms with Crippen molar-refractivity contribution in [1.82, 2.24) is 5.32 Å². The summed E-state index contributed by atoms with van der Waals surface area (Å²) in [6, 6.07) is 7.70. The van der Waals surface area contributed by atoms with Gasteiger partial charge in [-0.05, 0) is 12.1 Å². The molecule has 0 amide bonds. The van der Waals surface area contributed by atoms with Crippen molar-refractivity contribution in [1.29, 1.82) is 0 Å². The summed E-state index contributed by atoms with van der Waals surface area (Å²) in [4.78, 5) is 4.33. The molecule has 2 heterocycles. The van der Waals surface area contributed by atoms with Crippen LogP contribution in [0.5, 0.6) is 11.5 Å². The van der Waals surface area contributed by atoms with Gasteiger partial charge < -0.3 is 20.3 Å². The summed E-state index contributed by atoms with van der Waals surface area (Å²) in [6.07, 6.45) is -0.0811. The van der Waals surface area contributed by atoms with Gasteiger partial charge >= 0.3 is 0 Å². The highest BCUT2D eigenvalue weighted by Gasteiger charge is 2.26. The first-order chi connectivity index (χ1) is 7.43. The minimum atomic E-state index is -0.0811. The second-order valence-electron chi connectivity index (χ2n) is 3.56. The SMILES string of the molecule is Cl.O.c1ccc2c(c1)OCC(C1=NCCN1)O2. The quantitative estimate of drug-likeness (QED) is 0.794. The van der Waals surface area contributed by atoms with Gasteiger partial charge in [0.1, 0.15) is 12.4 Å². The summed E-state index contributed by atoms with van der Waals surface area (Å²) in [5.74, 6) is 2.52. The summed E-state index contributed by atoms with van der Waals surface area (Å²) in [6.45, 7) is 2.26. The zero-order valence-corrected chi connectivity index (χ0v) is 10.00. The van der Waals surface area contributed by atoms with Crippen molar-refractivity contribution < 1.29 is 14.9 Å². The molecule has 2 aliphatic heterocycles. The van der Waals surface area contributed by atoms with Crippen molar-refractivity contribution in [2.45, 2.75) is 6.10 Å². The molecular weight excluding hydrogens is 244 g/mol. The maximum absolute atomic E-state index is 5.80. The van der Waals surface area contributed by atoms with Crippen LogP contribution in [0.2, 0.25) is 0 Å². The molecule has 94 valence electrons. The van der Waals surface area contributed by atoms with Crippen molar-refractivity contribution in [2.75, 3.05) is 19.7 Å². The fourth-order valence-electron chi connectivity index (χ4n) is 1.79. The second kappa shape index (κ2) is 5.75. The van der Waals surface area contributed by atoms with Crippen LogP contribution in [0.3, 0.4) is 0 Å². The van der Waals surface area contributed by atoms with Crippen LogP contribution in [0, 0.1) is 0 Å². The van der Waals surface area contributed by atoms with E-state index in [0.717, 1.165) is 30.4 Å². The lowest BCUT2D eigenvalue weighted by Gasteiger charge is -2.26. The van der Waals surface area contributed by atoms with Gasteiger partial charge in [-0.25, -0.2) is 0 Å². The van der Waals surface area contributed by atoms with Crippen molar-refractivity contribution in [3.8, 4) is 11.5 Å². The van der Waals surface area contributed by atoms with Crippen LogP contribution in [0.15, 0.2) is 29.3 Å². The number of para-hydroxylation sites is 2. The summed E-state index contributed by atoms with van der Waals surface area (Å²) in [5, 5.41) is 3.20. The predicted octanol–water partition coefficient (Wildman–Crippen LogP) is 0.425. The molecule has 1 aromatic carbocycles. The summed E-state index contributed by atoms with van der Waals surface area (Å²) < 4.78 is 11.4. The van der Waals surface area contributed by atoms with E-state index in [1.165, 1.54) is 0 Å². The minimum Gasteiger partial charge on any atom is -0.485 e. The normalized spacial score (nSPS) is 20.5. The van der Waals surface area contributed by atoms with E-state index >= 15 is 0 Å². The molecule has 0 aromatic heterocycles. The van der Waals surface area contributed by atoms with Crippen molar-refractivity contribution >= 4 is 18.2 Å². The molecule has 3 rings (SSSR count). The van der Waals surface area contributed by atoms with Crippen LogP contribution in [-0.4, -0.2) is 37.1 Å². The Hall–Kier alpha value is -1.46. The third-order valence-corrected chi connectivity index (χ3v) is 2.51. The first kappa shape index (κ1) is 13.6. The van der Waals surface area contributed by atoms with Gasteiger partial charge in [-0.2, -0.15) is 0 Å². The van der Waals surface area contributed by atoms with E-state index in [-0.39, 0.29) is 24.0 Å². The molecule has 0 spiro atoms. The molecule has 1 aromatic rings. The predicted molar refractivity (Wildman–Crippen MR) is 67.5 cm³/mol. The highest BCUT2D eigenvalue weighted by atomic mass is 35.5. The number of halogens is 1. The lowest BCUT2D eigenvalue weighted by atomic mass is 10.2. The molecule has 0 aliphatic carbocycles. The van der Waals surface area contributed by atoms with Gasteiger partial charge in [0.25, 0.3) is 0 Å². The van der Waals surface area contributed by atoms with Gasteiger partial charge in [0, 0.05) is 6.54 Å². The van der Waals surface area contributed by atoms with Crippen LogP contribution in [0.4, 0.5) is 0 Å². The van der Waals surface area contributed by atoms with Crippen LogP contribution in [0.25, 0.3) is 0 Å². The number of nitrogens with one attached hydrogen (secondary N) is 1. The third-order valence-electron chi connectivity index (χ3n) is 2.51. The molecule has 5 nitrogen and oxygen atoms in total. The molecule has 0 saturated carbocycles. The van der Waals surface area contributed by atoms with Gasteiger partial charge in [-0.15, -0.1) is 12.4 Å². The van der Waals surface area contributed by atoms with E-state index in [9.17, 15) is 0 Å². The summed E-state index contributed by atoms with van der Waals surface area (Å²) in [7, 11) is 0. The molecule has 0 saturated heterocycles. The number of rotatable bonds is 1. The lowest BCUT2D eigenvalue weighted by Crippen LogP contribution is -2.42. The van der Waals surface area contributed by atoms with Gasteiger partial charge in [0.15, 0.2) is 17.6 Å². The van der Waals surface area contributed by atoms with E-state index in [1.807, 2.05) is 24.3 Å². The monoisotopic (exact) mass is 258 g/mol. The maximum Gasteiger partial charge on any atom is 0.189 e. The van der Waals surface area contributed by atoms with E-state index in [4.69, 9.17) is 9.47 Å². The topological polar surface area (TPSA) is 74.4 Å². The van der Waals surface area contributed by atoms with Crippen LogP contribution in [0.1, 0.15) is 0 Å². The fourth-order valence-corrected chi connectivity index (χ4v) is 1.79. The van der Waals surface area contributed by atoms with E-state index in [2.05, 4.69) is 10.3 Å². The Morgan fingerprint density at radius 1 is 1.24 bits per heavy atom. The zero-order valence-electron chi connectivity index (χ0n) is 9.18. The first-order valence-electron chi connectivity index (χ1n) is 5.10. The highest BCUT2D eigenvalue weighted by molar-refractivity contribution is 5.88. The molecule has 0 bridgehead atoms. The number of nitrogens with zero attached hydrogens (tertiary/aromatic N) is 1. The Morgan fingerprint density at radius 3 is 2.71 bits per heavy atom. The van der Waals surface area contributed by atoms with Crippen molar-refractivity contribution in [2.24, 2.45) is 4.99 Å². The van der Waals surface area contributed by atoms with Gasteiger partial charge in [-0.1, -0.05) is 12.1 Å². The largest absolute Gasteiger partial charge is 0.485 e. The highest BCUT2D eigenvalue weighted by Crippen LogP contribution is 2.31. The Kier molecular flexibility index (Phi) is 4.60. The van der Waals surface area contributed by atoms with E-state index < -0.39 is 0 Å². The van der Waals surface area contributed by atoms with E-state index in [1.54, 1.807) is 0 Å². The number of amidine groups is 1. The smallest absolute Gasteiger partial charge is 0.189 e. The third kappa shape index (κ3) is 2.62. The summed E-state index contributed by atoms with van der Waals surface area (Å²) >= 11 is 0. The molecule has 0 radical (unpaired) electrons. The maximum atomic E-state index is 5.80. The van der Waals surface area contributed by atoms with Crippen LogP contribution in [-0.2, 0) is 0 Å². The molecule has 1 atom stereocenters. The Morgan fingerprint density at radius 2 is 2.00 bits per heavy atom. The van der Waals surface area contributed by atoms with Crippen molar-refractivity contribution in [3.05, 3.63) is 24.3 Å². The fraction of sp³-hybridized carbons (Fsp3) is 0.364. The van der Waals surface area contributed by atoms with Gasteiger partial charge in [0.05, 0.1) is 6.54 Å². The van der Waals surface area contributed by atoms with E-state index in [0.29, 0.717) is 6.61 Å². The standard InChI is InChI=1S/C11H12N2O2.ClH.H2O/c1-2-4-9-8(3-1)14-7-10(15-9)11-12-5-6-13-11;;/h1-4,10H,5-7H2,(H,12,13);1H;1H2. The average molecular weight is 259 g/mol. The van der Waals surface area contributed by atoms with Gasteiger partial charge in [-0.3, -0.25) is 4.99 Å². The number of aliphatic imine (C=N–C) groups is 1. The second-order valence-corrected chi connectivity index (χ2v) is 3.56. The number of hydrogen-bond donors (Lipinski definition) is 1. The zero-order chi connectivity index (χ0) is 10.1. The number of benzene rings is 1. The number of hydrogen-bond acceptors (Lipinski definition) is 4. The lowest BCUT2D eigenvalue weighted by molar-refractivity contribution is 0.133. The molecule has 17 heavy (non-hydrogen) atoms. The Bertz CT molecular complexity index is 411. The van der Waals surface area contributed by atoms with Crippen LogP contribution < -0.4 is 14.8 Å². The summed E-state index contributed by atoms with van der Waals surface area (Å²) in [5.41, 5.74) is 0. The molecule has 6 heteroatoms.